The van der Waals surface area contributed by atoms with Gasteiger partial charge in [0, 0.05) is 29.7 Å². The number of nitrogens with one attached hydrogen (secondary N) is 3. The fourth-order valence-corrected chi connectivity index (χ4v) is 2.35. The first kappa shape index (κ1) is 11.3. The average Bonchev–Trinajstić information content (AvgIpc) is 2.95. The van der Waals surface area contributed by atoms with Crippen LogP contribution < -0.4 is 10.6 Å². The van der Waals surface area contributed by atoms with Crippen LogP contribution in [0.25, 0.3) is 11.4 Å². The fourth-order valence-electron chi connectivity index (χ4n) is 2.35. The van der Waals surface area contributed by atoms with Gasteiger partial charge in [0.2, 0.25) is 0 Å². The number of aromatic nitrogens is 2. The third kappa shape index (κ3) is 2.54. The van der Waals surface area contributed by atoms with Crippen molar-refractivity contribution in [1.29, 1.82) is 0 Å². The number of hydrogen-bond donors (Lipinski definition) is 3. The van der Waals surface area contributed by atoms with Gasteiger partial charge in [-0.15, -0.1) is 0 Å². The van der Waals surface area contributed by atoms with Crippen molar-refractivity contribution in [3.8, 4) is 11.4 Å². The van der Waals surface area contributed by atoms with Crippen LogP contribution >= 0.6 is 0 Å². The number of anilines is 1. The van der Waals surface area contributed by atoms with Crippen molar-refractivity contribution in [2.24, 2.45) is 0 Å². The number of piperidine rings is 1. The molecule has 1 aromatic heterocycles. The predicted molar refractivity (Wildman–Crippen MR) is 73.5 cm³/mol. The lowest BCUT2D eigenvalue weighted by Crippen LogP contribution is -2.35. The Kier molecular flexibility index (Phi) is 3.28. The van der Waals surface area contributed by atoms with Gasteiger partial charge in [-0.3, -0.25) is 0 Å². The van der Waals surface area contributed by atoms with Crippen LogP contribution in [0.2, 0.25) is 0 Å². The van der Waals surface area contributed by atoms with Gasteiger partial charge in [-0.25, -0.2) is 4.98 Å². The highest BCUT2D eigenvalue weighted by Gasteiger charge is 2.12. The van der Waals surface area contributed by atoms with E-state index < -0.39 is 0 Å². The SMILES string of the molecule is c1c[nH]c(-c2ccc(NC3CCNCC3)cc2)n1. The zero-order chi connectivity index (χ0) is 12.2. The molecule has 94 valence electrons. The van der Waals surface area contributed by atoms with Crippen LogP contribution in [0, 0.1) is 0 Å². The van der Waals surface area contributed by atoms with E-state index in [4.69, 9.17) is 0 Å². The lowest BCUT2D eigenvalue weighted by molar-refractivity contribution is 0.479. The highest BCUT2D eigenvalue weighted by molar-refractivity contribution is 5.59. The molecule has 0 atom stereocenters. The van der Waals surface area contributed by atoms with Crippen LogP contribution in [0.4, 0.5) is 5.69 Å². The van der Waals surface area contributed by atoms with Crippen LogP contribution in [-0.2, 0) is 0 Å². The van der Waals surface area contributed by atoms with Crippen molar-refractivity contribution >= 4 is 5.69 Å². The maximum Gasteiger partial charge on any atom is 0.137 e. The summed E-state index contributed by atoms with van der Waals surface area (Å²) in [6.07, 6.45) is 6.01. The minimum Gasteiger partial charge on any atom is -0.382 e. The summed E-state index contributed by atoms with van der Waals surface area (Å²) in [7, 11) is 0. The summed E-state index contributed by atoms with van der Waals surface area (Å²) in [5.41, 5.74) is 2.31. The number of rotatable bonds is 3. The molecule has 4 heteroatoms. The lowest BCUT2D eigenvalue weighted by Gasteiger charge is -2.24. The van der Waals surface area contributed by atoms with Crippen molar-refractivity contribution in [2.45, 2.75) is 18.9 Å². The third-order valence-electron chi connectivity index (χ3n) is 3.37. The third-order valence-corrected chi connectivity index (χ3v) is 3.37. The molecule has 1 aromatic carbocycles. The molecule has 2 aromatic rings. The van der Waals surface area contributed by atoms with Gasteiger partial charge in [0.05, 0.1) is 0 Å². The van der Waals surface area contributed by atoms with Gasteiger partial charge >= 0.3 is 0 Å². The molecule has 1 aliphatic heterocycles. The molecule has 1 aliphatic rings. The van der Waals surface area contributed by atoms with Gasteiger partial charge in [-0.2, -0.15) is 0 Å². The normalized spacial score (nSPS) is 16.7. The zero-order valence-electron chi connectivity index (χ0n) is 10.3. The standard InChI is InChI=1S/C14H18N4/c1-3-12(18-13-5-7-15-8-6-13)4-2-11(1)14-16-9-10-17-14/h1-4,9-10,13,15,18H,5-8H2,(H,16,17). The van der Waals surface area contributed by atoms with Crippen LogP contribution in [-0.4, -0.2) is 29.1 Å². The van der Waals surface area contributed by atoms with Crippen molar-refractivity contribution in [1.82, 2.24) is 15.3 Å². The smallest absolute Gasteiger partial charge is 0.137 e. The zero-order valence-corrected chi connectivity index (χ0v) is 10.3. The Balaban J connectivity index is 1.67. The molecule has 18 heavy (non-hydrogen) atoms. The van der Waals surface area contributed by atoms with Crippen molar-refractivity contribution in [3.05, 3.63) is 36.7 Å². The summed E-state index contributed by atoms with van der Waals surface area (Å²) in [5, 5.41) is 6.96. The Hall–Kier alpha value is -1.81. The van der Waals surface area contributed by atoms with E-state index in [2.05, 4.69) is 44.9 Å². The van der Waals surface area contributed by atoms with Crippen molar-refractivity contribution in [3.63, 3.8) is 0 Å². The van der Waals surface area contributed by atoms with E-state index in [0.29, 0.717) is 6.04 Å². The molecular formula is C14H18N4. The molecule has 1 saturated heterocycles. The number of imidazole rings is 1. The molecule has 0 unspecified atom stereocenters. The second-order valence-electron chi connectivity index (χ2n) is 4.68. The Morgan fingerprint density at radius 1 is 1.11 bits per heavy atom. The first-order valence-electron chi connectivity index (χ1n) is 6.49. The van der Waals surface area contributed by atoms with Crippen LogP contribution in [0.5, 0.6) is 0 Å². The predicted octanol–water partition coefficient (Wildman–Crippen LogP) is 2.24. The number of aromatic amines is 1. The molecule has 0 radical (unpaired) electrons. The topological polar surface area (TPSA) is 52.7 Å². The van der Waals surface area contributed by atoms with Gasteiger partial charge in [0.1, 0.15) is 5.82 Å². The molecule has 0 bridgehead atoms. The minimum absolute atomic E-state index is 0.598. The molecular weight excluding hydrogens is 224 g/mol. The first-order chi connectivity index (χ1) is 8.92. The fraction of sp³-hybridized carbons (Fsp3) is 0.357. The van der Waals surface area contributed by atoms with E-state index in [0.717, 1.165) is 24.5 Å². The highest BCUT2D eigenvalue weighted by Crippen LogP contribution is 2.19. The second-order valence-corrected chi connectivity index (χ2v) is 4.68. The van der Waals surface area contributed by atoms with Gasteiger partial charge < -0.3 is 15.6 Å². The number of nitrogens with zero attached hydrogens (tertiary/aromatic N) is 1. The van der Waals surface area contributed by atoms with Crippen molar-refractivity contribution in [2.75, 3.05) is 18.4 Å². The largest absolute Gasteiger partial charge is 0.382 e. The summed E-state index contributed by atoms with van der Waals surface area (Å²) in [6.45, 7) is 2.23. The summed E-state index contributed by atoms with van der Waals surface area (Å²) < 4.78 is 0. The van der Waals surface area contributed by atoms with Gasteiger partial charge in [-0.05, 0) is 50.2 Å². The number of benzene rings is 1. The molecule has 0 amide bonds. The lowest BCUT2D eigenvalue weighted by atomic mass is 10.1. The molecule has 3 rings (SSSR count). The number of hydrogen-bond acceptors (Lipinski definition) is 3. The molecule has 0 saturated carbocycles. The molecule has 1 fully saturated rings. The summed E-state index contributed by atoms with van der Waals surface area (Å²) in [4.78, 5) is 7.36. The first-order valence-corrected chi connectivity index (χ1v) is 6.49. The maximum atomic E-state index is 4.25. The Morgan fingerprint density at radius 3 is 2.56 bits per heavy atom. The van der Waals surface area contributed by atoms with Crippen LogP contribution in [0.3, 0.4) is 0 Å². The number of H-pyrrole nitrogens is 1. The molecule has 4 nitrogen and oxygen atoms in total. The van der Waals surface area contributed by atoms with E-state index in [1.54, 1.807) is 6.20 Å². The maximum absolute atomic E-state index is 4.25. The Labute approximate surface area is 107 Å². The summed E-state index contributed by atoms with van der Waals surface area (Å²) in [5.74, 6) is 0.920. The van der Waals surface area contributed by atoms with Crippen LogP contribution in [0.1, 0.15) is 12.8 Å². The Bertz CT molecular complexity index is 469. The van der Waals surface area contributed by atoms with Gasteiger partial charge in [0.25, 0.3) is 0 Å². The monoisotopic (exact) mass is 242 g/mol. The van der Waals surface area contributed by atoms with E-state index >= 15 is 0 Å². The second kappa shape index (κ2) is 5.23. The molecule has 2 heterocycles. The van der Waals surface area contributed by atoms with Crippen molar-refractivity contribution < 1.29 is 0 Å². The van der Waals surface area contributed by atoms with Crippen LogP contribution in [0.15, 0.2) is 36.7 Å². The van der Waals surface area contributed by atoms with Gasteiger partial charge in [-0.1, -0.05) is 0 Å². The van der Waals surface area contributed by atoms with E-state index in [1.165, 1.54) is 18.5 Å². The molecule has 3 N–H and O–H groups in total. The van der Waals surface area contributed by atoms with Gasteiger partial charge in [0.15, 0.2) is 0 Å². The van der Waals surface area contributed by atoms with E-state index in [9.17, 15) is 0 Å². The summed E-state index contributed by atoms with van der Waals surface area (Å²) >= 11 is 0. The summed E-state index contributed by atoms with van der Waals surface area (Å²) in [6, 6.07) is 9.05. The Morgan fingerprint density at radius 2 is 1.89 bits per heavy atom. The van der Waals surface area contributed by atoms with E-state index in [1.807, 2.05) is 6.20 Å². The minimum atomic E-state index is 0.598. The quantitative estimate of drug-likeness (QED) is 0.773. The highest BCUT2D eigenvalue weighted by atomic mass is 15.0. The molecule has 0 aliphatic carbocycles. The average molecular weight is 242 g/mol. The van der Waals surface area contributed by atoms with E-state index in [-0.39, 0.29) is 0 Å². The molecule has 0 spiro atoms.